The van der Waals surface area contributed by atoms with E-state index in [0.717, 1.165) is 19.4 Å². The van der Waals surface area contributed by atoms with E-state index in [0.29, 0.717) is 23.6 Å². The Morgan fingerprint density at radius 2 is 2.15 bits per heavy atom. The SMILES string of the molecule is O=C(NCc1nc(-c2ccc(F)cc2)no1)C1CCCCn2nnnc21. The number of amides is 1. The first-order valence-corrected chi connectivity index (χ1v) is 8.33. The summed E-state index contributed by atoms with van der Waals surface area (Å²) >= 11 is 0. The van der Waals surface area contributed by atoms with Crippen LogP contribution in [0.25, 0.3) is 11.4 Å². The molecular formula is C16H16FN7O2. The number of rotatable bonds is 4. The van der Waals surface area contributed by atoms with Crippen LogP contribution in [0.15, 0.2) is 28.8 Å². The van der Waals surface area contributed by atoms with E-state index in [1.165, 1.54) is 12.1 Å². The molecule has 1 amide bonds. The lowest BCUT2D eigenvalue weighted by atomic mass is 10.0. The summed E-state index contributed by atoms with van der Waals surface area (Å²) in [5.74, 6) is 0.281. The molecule has 1 N–H and O–H groups in total. The van der Waals surface area contributed by atoms with Gasteiger partial charge in [-0.1, -0.05) is 11.6 Å². The standard InChI is InChI=1S/C16H16FN7O2/c17-11-6-4-10(5-7-11)14-19-13(26-21-14)9-18-16(25)12-3-1-2-8-24-15(12)20-22-23-24/h4-7,12H,1-3,8-9H2,(H,18,25). The topological polar surface area (TPSA) is 112 Å². The maximum Gasteiger partial charge on any atom is 0.246 e. The van der Waals surface area contributed by atoms with Crippen molar-refractivity contribution in [2.24, 2.45) is 0 Å². The minimum atomic E-state index is -0.396. The zero-order valence-corrected chi connectivity index (χ0v) is 13.8. The van der Waals surface area contributed by atoms with Gasteiger partial charge >= 0.3 is 0 Å². The second kappa shape index (κ2) is 6.98. The number of tetrazole rings is 1. The van der Waals surface area contributed by atoms with Gasteiger partial charge in [-0.2, -0.15) is 4.98 Å². The van der Waals surface area contributed by atoms with Gasteiger partial charge < -0.3 is 9.84 Å². The van der Waals surface area contributed by atoms with E-state index in [-0.39, 0.29) is 24.2 Å². The lowest BCUT2D eigenvalue weighted by Gasteiger charge is -2.12. The van der Waals surface area contributed by atoms with E-state index in [2.05, 4.69) is 31.0 Å². The number of carbonyl (C=O) groups excluding carboxylic acids is 1. The summed E-state index contributed by atoms with van der Waals surface area (Å²) in [5.41, 5.74) is 0.635. The normalized spacial score (nSPS) is 16.7. The van der Waals surface area contributed by atoms with Crippen LogP contribution in [0.3, 0.4) is 0 Å². The molecule has 1 unspecified atom stereocenters. The number of carbonyl (C=O) groups is 1. The van der Waals surface area contributed by atoms with E-state index in [4.69, 9.17) is 4.52 Å². The summed E-state index contributed by atoms with van der Waals surface area (Å²) in [6.07, 6.45) is 2.54. The molecule has 0 saturated carbocycles. The van der Waals surface area contributed by atoms with Crippen LogP contribution in [-0.4, -0.2) is 36.3 Å². The van der Waals surface area contributed by atoms with Crippen LogP contribution in [-0.2, 0) is 17.9 Å². The van der Waals surface area contributed by atoms with Crippen LogP contribution in [0.5, 0.6) is 0 Å². The summed E-state index contributed by atoms with van der Waals surface area (Å²) in [6.45, 7) is 0.821. The zero-order chi connectivity index (χ0) is 17.9. The highest BCUT2D eigenvalue weighted by molar-refractivity contribution is 5.82. The highest BCUT2D eigenvalue weighted by Gasteiger charge is 2.28. The third kappa shape index (κ3) is 3.30. The molecule has 1 atom stereocenters. The van der Waals surface area contributed by atoms with Crippen LogP contribution < -0.4 is 5.32 Å². The molecule has 26 heavy (non-hydrogen) atoms. The Labute approximate surface area is 147 Å². The average Bonchev–Trinajstić information content (AvgIpc) is 3.26. The number of aromatic nitrogens is 6. The highest BCUT2D eigenvalue weighted by Crippen LogP contribution is 2.24. The molecule has 0 bridgehead atoms. The van der Waals surface area contributed by atoms with E-state index >= 15 is 0 Å². The minimum absolute atomic E-state index is 0.102. The molecular weight excluding hydrogens is 341 g/mol. The largest absolute Gasteiger partial charge is 0.346 e. The first kappa shape index (κ1) is 16.3. The summed E-state index contributed by atoms with van der Waals surface area (Å²) in [6, 6.07) is 5.77. The third-order valence-electron chi connectivity index (χ3n) is 4.28. The Bertz CT molecular complexity index is 905. The molecule has 9 nitrogen and oxygen atoms in total. The van der Waals surface area contributed by atoms with Gasteiger partial charge in [-0.05, 0) is 47.5 Å². The Balaban J connectivity index is 1.42. The van der Waals surface area contributed by atoms with Crippen molar-refractivity contribution in [1.82, 2.24) is 35.7 Å². The number of benzene rings is 1. The van der Waals surface area contributed by atoms with Gasteiger partial charge in [-0.15, -0.1) is 5.10 Å². The molecule has 3 heterocycles. The van der Waals surface area contributed by atoms with Crippen molar-refractivity contribution in [3.05, 3.63) is 41.8 Å². The first-order chi connectivity index (χ1) is 12.7. The number of hydrogen-bond donors (Lipinski definition) is 1. The predicted molar refractivity (Wildman–Crippen MR) is 85.9 cm³/mol. The molecule has 4 rings (SSSR count). The number of nitrogens with one attached hydrogen (secondary N) is 1. The Morgan fingerprint density at radius 1 is 1.31 bits per heavy atom. The summed E-state index contributed by atoms with van der Waals surface area (Å²) < 4.78 is 19.8. The average molecular weight is 357 g/mol. The molecule has 0 saturated heterocycles. The third-order valence-corrected chi connectivity index (χ3v) is 4.28. The van der Waals surface area contributed by atoms with E-state index in [1.54, 1.807) is 16.8 Å². The summed E-state index contributed by atoms with van der Waals surface area (Å²) in [4.78, 5) is 16.8. The second-order valence-electron chi connectivity index (χ2n) is 6.05. The molecule has 0 spiro atoms. The van der Waals surface area contributed by atoms with Crippen molar-refractivity contribution in [3.8, 4) is 11.4 Å². The monoisotopic (exact) mass is 357 g/mol. The smallest absolute Gasteiger partial charge is 0.246 e. The van der Waals surface area contributed by atoms with Crippen molar-refractivity contribution < 1.29 is 13.7 Å². The van der Waals surface area contributed by atoms with Gasteiger partial charge in [0.1, 0.15) is 5.82 Å². The quantitative estimate of drug-likeness (QED) is 0.752. The van der Waals surface area contributed by atoms with Gasteiger partial charge in [-0.25, -0.2) is 9.07 Å². The minimum Gasteiger partial charge on any atom is -0.346 e. The number of halogens is 1. The number of fused-ring (bicyclic) bond motifs is 1. The van der Waals surface area contributed by atoms with Gasteiger partial charge in [-0.3, -0.25) is 4.79 Å². The molecule has 0 aliphatic carbocycles. The van der Waals surface area contributed by atoms with E-state index in [9.17, 15) is 9.18 Å². The molecule has 0 radical (unpaired) electrons. The van der Waals surface area contributed by atoms with Crippen molar-refractivity contribution in [1.29, 1.82) is 0 Å². The van der Waals surface area contributed by atoms with Crippen LogP contribution >= 0.6 is 0 Å². The lowest BCUT2D eigenvalue weighted by molar-refractivity contribution is -0.123. The molecule has 2 aromatic heterocycles. The fourth-order valence-electron chi connectivity index (χ4n) is 2.94. The fourth-order valence-corrected chi connectivity index (χ4v) is 2.94. The maximum absolute atomic E-state index is 13.0. The number of hydrogen-bond acceptors (Lipinski definition) is 7. The lowest BCUT2D eigenvalue weighted by Crippen LogP contribution is -2.30. The Kier molecular flexibility index (Phi) is 4.38. The summed E-state index contributed by atoms with van der Waals surface area (Å²) in [5, 5.41) is 18.2. The van der Waals surface area contributed by atoms with Crippen LogP contribution in [0.4, 0.5) is 4.39 Å². The maximum atomic E-state index is 13.0. The molecule has 0 fully saturated rings. The predicted octanol–water partition coefficient (Wildman–Crippen LogP) is 1.45. The molecule has 1 aromatic carbocycles. The molecule has 1 aliphatic rings. The fraction of sp³-hybridized carbons (Fsp3) is 0.375. The molecule has 1 aliphatic heterocycles. The number of nitrogens with zero attached hydrogens (tertiary/aromatic N) is 6. The van der Waals surface area contributed by atoms with Gasteiger partial charge in [0.25, 0.3) is 0 Å². The van der Waals surface area contributed by atoms with Gasteiger partial charge in [0, 0.05) is 12.1 Å². The van der Waals surface area contributed by atoms with Crippen molar-refractivity contribution in [3.63, 3.8) is 0 Å². The van der Waals surface area contributed by atoms with Crippen molar-refractivity contribution in [2.75, 3.05) is 0 Å². The van der Waals surface area contributed by atoms with Crippen LogP contribution in [0.1, 0.15) is 36.9 Å². The van der Waals surface area contributed by atoms with Gasteiger partial charge in [0.2, 0.25) is 17.6 Å². The molecule has 10 heteroatoms. The van der Waals surface area contributed by atoms with Gasteiger partial charge in [0.15, 0.2) is 5.82 Å². The van der Waals surface area contributed by atoms with Crippen molar-refractivity contribution in [2.45, 2.75) is 38.3 Å². The first-order valence-electron chi connectivity index (χ1n) is 8.33. The van der Waals surface area contributed by atoms with Crippen LogP contribution in [0, 0.1) is 5.82 Å². The molecule has 3 aromatic rings. The van der Waals surface area contributed by atoms with Gasteiger partial charge in [0.05, 0.1) is 12.5 Å². The zero-order valence-electron chi connectivity index (χ0n) is 13.8. The number of aryl methyl sites for hydroxylation is 1. The van der Waals surface area contributed by atoms with E-state index < -0.39 is 5.92 Å². The second-order valence-corrected chi connectivity index (χ2v) is 6.05. The Morgan fingerprint density at radius 3 is 3.00 bits per heavy atom. The van der Waals surface area contributed by atoms with E-state index in [1.807, 2.05) is 0 Å². The van der Waals surface area contributed by atoms with Crippen LogP contribution in [0.2, 0.25) is 0 Å². The highest BCUT2D eigenvalue weighted by atomic mass is 19.1. The Hall–Kier alpha value is -3.17. The van der Waals surface area contributed by atoms with Crippen molar-refractivity contribution >= 4 is 5.91 Å². The summed E-state index contributed by atoms with van der Waals surface area (Å²) in [7, 11) is 0. The molecule has 134 valence electrons.